The molecule has 150 valence electrons. The molecule has 4 heteroatoms. The van der Waals surface area contributed by atoms with Crippen molar-refractivity contribution >= 4 is 5.97 Å². The summed E-state index contributed by atoms with van der Waals surface area (Å²) in [6, 6.07) is 21.9. The first-order valence-corrected chi connectivity index (χ1v) is 10.1. The highest BCUT2D eigenvalue weighted by molar-refractivity contribution is 5.90. The van der Waals surface area contributed by atoms with Gasteiger partial charge in [-0.15, -0.1) is 0 Å². The van der Waals surface area contributed by atoms with Crippen LogP contribution >= 0.6 is 0 Å². The van der Waals surface area contributed by atoms with Crippen LogP contribution in [0.15, 0.2) is 71.5 Å². The van der Waals surface area contributed by atoms with E-state index in [2.05, 4.69) is 28.8 Å². The SMILES string of the molecule is CCOC(=O)c1c(CCc2ccccc2)n(CCc2ccccc2)c(C)cc1=O. The van der Waals surface area contributed by atoms with Crippen molar-refractivity contribution in [1.82, 2.24) is 4.57 Å². The fourth-order valence-electron chi connectivity index (χ4n) is 3.62. The molecule has 0 bridgehead atoms. The number of aryl methyl sites for hydroxylation is 3. The predicted octanol–water partition coefficient (Wildman–Crippen LogP) is 4.36. The Morgan fingerprint density at radius 2 is 1.48 bits per heavy atom. The molecule has 0 saturated heterocycles. The number of ether oxygens (including phenoxy) is 1. The Labute approximate surface area is 171 Å². The molecule has 0 aliphatic rings. The van der Waals surface area contributed by atoms with Crippen LogP contribution in [0.3, 0.4) is 0 Å². The Morgan fingerprint density at radius 1 is 0.897 bits per heavy atom. The molecule has 0 aliphatic carbocycles. The van der Waals surface area contributed by atoms with Crippen molar-refractivity contribution in [2.45, 2.75) is 39.7 Å². The third-order valence-corrected chi connectivity index (χ3v) is 5.07. The van der Waals surface area contributed by atoms with Gasteiger partial charge in [-0.2, -0.15) is 0 Å². The molecule has 0 aliphatic heterocycles. The monoisotopic (exact) mass is 389 g/mol. The van der Waals surface area contributed by atoms with E-state index in [0.29, 0.717) is 13.0 Å². The minimum atomic E-state index is -0.533. The van der Waals surface area contributed by atoms with Gasteiger partial charge < -0.3 is 9.30 Å². The number of pyridine rings is 1. The maximum Gasteiger partial charge on any atom is 0.343 e. The summed E-state index contributed by atoms with van der Waals surface area (Å²) in [5.41, 5.74) is 3.92. The van der Waals surface area contributed by atoms with Gasteiger partial charge in [0.15, 0.2) is 5.43 Å². The first-order chi connectivity index (χ1) is 14.1. The summed E-state index contributed by atoms with van der Waals surface area (Å²) in [6.45, 7) is 4.62. The first-order valence-electron chi connectivity index (χ1n) is 10.1. The second-order valence-electron chi connectivity index (χ2n) is 7.06. The van der Waals surface area contributed by atoms with Gasteiger partial charge in [-0.25, -0.2) is 4.79 Å². The number of carbonyl (C=O) groups excluding carboxylic acids is 1. The summed E-state index contributed by atoms with van der Waals surface area (Å²) < 4.78 is 7.31. The minimum absolute atomic E-state index is 0.168. The maximum atomic E-state index is 12.7. The van der Waals surface area contributed by atoms with Gasteiger partial charge in [0.25, 0.3) is 0 Å². The van der Waals surface area contributed by atoms with E-state index in [1.807, 2.05) is 43.3 Å². The van der Waals surface area contributed by atoms with Crippen LogP contribution in [-0.4, -0.2) is 17.1 Å². The van der Waals surface area contributed by atoms with E-state index < -0.39 is 5.97 Å². The molecule has 29 heavy (non-hydrogen) atoms. The zero-order valence-electron chi connectivity index (χ0n) is 17.1. The van der Waals surface area contributed by atoms with Crippen molar-refractivity contribution in [3.05, 3.63) is 105 Å². The van der Waals surface area contributed by atoms with Gasteiger partial charge in [-0.05, 0) is 44.2 Å². The molecule has 4 nitrogen and oxygen atoms in total. The highest BCUT2D eigenvalue weighted by Gasteiger charge is 2.21. The second kappa shape index (κ2) is 9.87. The van der Waals surface area contributed by atoms with Crippen LogP contribution in [0.5, 0.6) is 0 Å². The molecule has 0 amide bonds. The average molecular weight is 389 g/mol. The Balaban J connectivity index is 1.98. The quantitative estimate of drug-likeness (QED) is 0.538. The van der Waals surface area contributed by atoms with Crippen molar-refractivity contribution < 1.29 is 9.53 Å². The van der Waals surface area contributed by atoms with E-state index >= 15 is 0 Å². The van der Waals surface area contributed by atoms with Crippen molar-refractivity contribution in [2.75, 3.05) is 6.61 Å². The maximum absolute atomic E-state index is 12.7. The molecule has 0 spiro atoms. The summed E-state index contributed by atoms with van der Waals surface area (Å²) in [4.78, 5) is 25.3. The van der Waals surface area contributed by atoms with Gasteiger partial charge in [0, 0.05) is 24.0 Å². The Bertz CT molecular complexity index is 1010. The van der Waals surface area contributed by atoms with Gasteiger partial charge in [-0.1, -0.05) is 60.7 Å². The van der Waals surface area contributed by atoms with Crippen LogP contribution in [0.2, 0.25) is 0 Å². The standard InChI is InChI=1S/C25H27NO3/c1-3-29-25(28)24-22(15-14-20-10-6-4-7-11-20)26(19(2)18-23(24)27)17-16-21-12-8-5-9-13-21/h4-13,18H,3,14-17H2,1-2H3. The zero-order chi connectivity index (χ0) is 20.6. The molecule has 3 aromatic rings. The third-order valence-electron chi connectivity index (χ3n) is 5.07. The normalized spacial score (nSPS) is 10.7. The summed E-state index contributed by atoms with van der Waals surface area (Å²) in [5.74, 6) is -0.533. The minimum Gasteiger partial charge on any atom is -0.462 e. The molecular formula is C25H27NO3. The van der Waals surface area contributed by atoms with Gasteiger partial charge >= 0.3 is 5.97 Å². The molecule has 2 aromatic carbocycles. The van der Waals surface area contributed by atoms with Crippen LogP contribution in [0, 0.1) is 6.92 Å². The molecular weight excluding hydrogens is 362 g/mol. The summed E-state index contributed by atoms with van der Waals surface area (Å²) in [6.07, 6.45) is 2.18. The Morgan fingerprint density at radius 3 is 2.07 bits per heavy atom. The number of benzene rings is 2. The number of hydrogen-bond acceptors (Lipinski definition) is 3. The lowest BCUT2D eigenvalue weighted by molar-refractivity contribution is 0.0522. The molecule has 0 saturated carbocycles. The van der Waals surface area contributed by atoms with Gasteiger partial charge in [-0.3, -0.25) is 4.79 Å². The Kier molecular flexibility index (Phi) is 7.01. The number of hydrogen-bond donors (Lipinski definition) is 0. The first kappa shape index (κ1) is 20.6. The number of aromatic nitrogens is 1. The smallest absolute Gasteiger partial charge is 0.343 e. The van der Waals surface area contributed by atoms with E-state index in [1.165, 1.54) is 11.1 Å². The number of esters is 1. The van der Waals surface area contributed by atoms with Crippen LogP contribution in [0.1, 0.15) is 39.8 Å². The van der Waals surface area contributed by atoms with Crippen LogP contribution < -0.4 is 5.43 Å². The topological polar surface area (TPSA) is 48.3 Å². The van der Waals surface area contributed by atoms with Gasteiger partial charge in [0.2, 0.25) is 0 Å². The van der Waals surface area contributed by atoms with Crippen LogP contribution in [-0.2, 0) is 30.5 Å². The van der Waals surface area contributed by atoms with Gasteiger partial charge in [0.05, 0.1) is 6.61 Å². The van der Waals surface area contributed by atoms with E-state index in [1.54, 1.807) is 13.0 Å². The molecule has 3 rings (SSSR count). The average Bonchev–Trinajstić information content (AvgIpc) is 2.73. The van der Waals surface area contributed by atoms with Crippen LogP contribution in [0.4, 0.5) is 0 Å². The van der Waals surface area contributed by atoms with Crippen molar-refractivity contribution in [1.29, 1.82) is 0 Å². The van der Waals surface area contributed by atoms with Crippen molar-refractivity contribution in [3.63, 3.8) is 0 Å². The molecule has 0 unspecified atom stereocenters. The third kappa shape index (κ3) is 5.23. The van der Waals surface area contributed by atoms with Gasteiger partial charge in [0.1, 0.15) is 5.56 Å². The fraction of sp³-hybridized carbons (Fsp3) is 0.280. The summed E-state index contributed by atoms with van der Waals surface area (Å²) in [7, 11) is 0. The zero-order valence-corrected chi connectivity index (χ0v) is 17.1. The predicted molar refractivity (Wildman–Crippen MR) is 115 cm³/mol. The Hall–Kier alpha value is -3.14. The number of rotatable bonds is 8. The van der Waals surface area contributed by atoms with E-state index in [9.17, 15) is 9.59 Å². The largest absolute Gasteiger partial charge is 0.462 e. The lowest BCUT2D eigenvalue weighted by Crippen LogP contribution is -2.27. The van der Waals surface area contributed by atoms with Crippen molar-refractivity contribution in [3.8, 4) is 0 Å². The highest BCUT2D eigenvalue weighted by atomic mass is 16.5. The molecule has 1 aromatic heterocycles. The number of carbonyl (C=O) groups is 1. The van der Waals surface area contributed by atoms with E-state index in [4.69, 9.17) is 4.74 Å². The highest BCUT2D eigenvalue weighted by Crippen LogP contribution is 2.16. The summed E-state index contributed by atoms with van der Waals surface area (Å²) >= 11 is 0. The van der Waals surface area contributed by atoms with E-state index in [-0.39, 0.29) is 17.6 Å². The fourth-order valence-corrected chi connectivity index (χ4v) is 3.62. The van der Waals surface area contributed by atoms with Crippen molar-refractivity contribution in [2.24, 2.45) is 0 Å². The molecule has 0 fully saturated rings. The molecule has 0 radical (unpaired) electrons. The second-order valence-corrected chi connectivity index (χ2v) is 7.06. The number of nitrogens with zero attached hydrogens (tertiary/aromatic N) is 1. The molecule has 0 N–H and O–H groups in total. The lowest BCUT2D eigenvalue weighted by atomic mass is 10.0. The van der Waals surface area contributed by atoms with Crippen LogP contribution in [0.25, 0.3) is 0 Å². The lowest BCUT2D eigenvalue weighted by Gasteiger charge is -2.20. The summed E-state index contributed by atoms with van der Waals surface area (Å²) in [5, 5.41) is 0. The van der Waals surface area contributed by atoms with E-state index in [0.717, 1.165) is 24.2 Å². The molecule has 1 heterocycles. The molecule has 0 atom stereocenters.